The summed E-state index contributed by atoms with van der Waals surface area (Å²) in [5.41, 5.74) is 0.0640. The van der Waals surface area contributed by atoms with Crippen LogP contribution in [-0.2, 0) is 15.1 Å². The Hall–Kier alpha value is -1.04. The highest BCUT2D eigenvalue weighted by Gasteiger charge is 2.35. The quantitative estimate of drug-likeness (QED) is 0.818. The summed E-state index contributed by atoms with van der Waals surface area (Å²) >= 11 is 1.50. The van der Waals surface area contributed by atoms with E-state index in [4.69, 9.17) is 9.84 Å². The smallest absolute Gasteiger partial charge is 0.304 e. The first kappa shape index (κ1) is 15.4. The van der Waals surface area contributed by atoms with Gasteiger partial charge in [0, 0.05) is 23.5 Å². The van der Waals surface area contributed by atoms with E-state index in [2.05, 4.69) is 0 Å². The van der Waals surface area contributed by atoms with Crippen molar-refractivity contribution in [1.82, 2.24) is 0 Å². The van der Waals surface area contributed by atoms with Gasteiger partial charge in [0.15, 0.2) is 0 Å². The minimum absolute atomic E-state index is 0.0528. The van der Waals surface area contributed by atoms with Crippen LogP contribution >= 0.6 is 11.8 Å². The summed E-state index contributed by atoms with van der Waals surface area (Å²) in [5, 5.41) is 19.4. The van der Waals surface area contributed by atoms with Crippen molar-refractivity contribution in [2.45, 2.75) is 42.8 Å². The second-order valence-electron chi connectivity index (χ2n) is 5.19. The van der Waals surface area contributed by atoms with E-state index in [-0.39, 0.29) is 12.5 Å². The SMILES string of the molecule is C[C@H]1C[C@@](O)(c2cccc(SCCC(=O)O)c2)CCO1. The summed E-state index contributed by atoms with van der Waals surface area (Å²) in [6.07, 6.45) is 1.39. The van der Waals surface area contributed by atoms with Gasteiger partial charge in [-0.25, -0.2) is 0 Å². The number of benzene rings is 1. The fourth-order valence-corrected chi connectivity index (χ4v) is 3.36. The zero-order chi connectivity index (χ0) is 14.6. The average molecular weight is 296 g/mol. The van der Waals surface area contributed by atoms with Gasteiger partial charge in [0.1, 0.15) is 0 Å². The number of aliphatic carboxylic acids is 1. The van der Waals surface area contributed by atoms with Crippen molar-refractivity contribution in [3.8, 4) is 0 Å². The van der Waals surface area contributed by atoms with Crippen molar-refractivity contribution < 1.29 is 19.7 Å². The second-order valence-corrected chi connectivity index (χ2v) is 6.36. The van der Waals surface area contributed by atoms with Gasteiger partial charge in [-0.2, -0.15) is 0 Å². The summed E-state index contributed by atoms with van der Waals surface area (Å²) in [6, 6.07) is 7.75. The molecule has 0 aliphatic carbocycles. The first-order chi connectivity index (χ1) is 9.49. The first-order valence-corrected chi connectivity index (χ1v) is 7.77. The van der Waals surface area contributed by atoms with Crippen LogP contribution in [0.5, 0.6) is 0 Å². The van der Waals surface area contributed by atoms with Gasteiger partial charge in [-0.05, 0) is 24.6 Å². The predicted molar refractivity (Wildman–Crippen MR) is 78.0 cm³/mol. The van der Waals surface area contributed by atoms with Gasteiger partial charge >= 0.3 is 5.97 Å². The fraction of sp³-hybridized carbons (Fsp3) is 0.533. The maximum atomic E-state index is 10.8. The number of hydrogen-bond acceptors (Lipinski definition) is 4. The van der Waals surface area contributed by atoms with Crippen LogP contribution in [0.1, 0.15) is 31.7 Å². The molecule has 1 aromatic carbocycles. The molecule has 20 heavy (non-hydrogen) atoms. The lowest BCUT2D eigenvalue weighted by Gasteiger charge is -2.36. The highest BCUT2D eigenvalue weighted by Crippen LogP contribution is 2.36. The summed E-state index contributed by atoms with van der Waals surface area (Å²) < 4.78 is 5.49. The van der Waals surface area contributed by atoms with Gasteiger partial charge in [-0.3, -0.25) is 4.79 Å². The van der Waals surface area contributed by atoms with Crippen molar-refractivity contribution in [2.24, 2.45) is 0 Å². The van der Waals surface area contributed by atoms with E-state index in [1.54, 1.807) is 0 Å². The van der Waals surface area contributed by atoms with Crippen LogP contribution < -0.4 is 0 Å². The molecular weight excluding hydrogens is 276 g/mol. The van der Waals surface area contributed by atoms with Gasteiger partial charge in [-0.15, -0.1) is 11.8 Å². The Morgan fingerprint density at radius 3 is 3.05 bits per heavy atom. The molecule has 0 bridgehead atoms. The summed E-state index contributed by atoms with van der Waals surface area (Å²) in [7, 11) is 0. The number of rotatable bonds is 5. The van der Waals surface area contributed by atoms with E-state index in [9.17, 15) is 9.90 Å². The molecule has 1 aromatic rings. The van der Waals surface area contributed by atoms with Gasteiger partial charge in [0.25, 0.3) is 0 Å². The third-order valence-electron chi connectivity index (χ3n) is 3.50. The number of ether oxygens (including phenoxy) is 1. The Kier molecular flexibility index (Phi) is 5.07. The Balaban J connectivity index is 2.06. The maximum Gasteiger partial charge on any atom is 0.304 e. The van der Waals surface area contributed by atoms with Gasteiger partial charge in [0.2, 0.25) is 0 Å². The van der Waals surface area contributed by atoms with E-state index < -0.39 is 11.6 Å². The van der Waals surface area contributed by atoms with Gasteiger partial charge in [0.05, 0.1) is 24.7 Å². The second kappa shape index (κ2) is 6.61. The number of carboxylic acid groups (broad SMARTS) is 1. The molecule has 1 saturated heterocycles. The maximum absolute atomic E-state index is 10.8. The highest BCUT2D eigenvalue weighted by atomic mass is 32.2. The highest BCUT2D eigenvalue weighted by molar-refractivity contribution is 7.99. The lowest BCUT2D eigenvalue weighted by molar-refractivity contribution is -0.136. The van der Waals surface area contributed by atoms with Crippen LogP contribution in [0.25, 0.3) is 0 Å². The van der Waals surface area contributed by atoms with Gasteiger partial charge in [-0.1, -0.05) is 12.1 Å². The van der Waals surface area contributed by atoms with Crippen molar-refractivity contribution in [3.05, 3.63) is 29.8 Å². The zero-order valence-electron chi connectivity index (χ0n) is 11.5. The van der Waals surface area contributed by atoms with Crippen LogP contribution in [0.2, 0.25) is 0 Å². The third-order valence-corrected chi connectivity index (χ3v) is 4.49. The van der Waals surface area contributed by atoms with Crippen LogP contribution in [-0.4, -0.2) is 34.6 Å². The molecular formula is C15H20O4S. The van der Waals surface area contributed by atoms with Gasteiger partial charge < -0.3 is 14.9 Å². The number of aliphatic hydroxyl groups is 1. The molecule has 0 saturated carbocycles. The molecule has 0 spiro atoms. The molecule has 1 aliphatic heterocycles. The molecule has 2 rings (SSSR count). The Labute approximate surface area is 123 Å². The largest absolute Gasteiger partial charge is 0.481 e. The predicted octanol–water partition coefficient (Wildman–Crippen LogP) is 2.64. The van der Waals surface area contributed by atoms with E-state index >= 15 is 0 Å². The molecule has 2 atom stereocenters. The zero-order valence-corrected chi connectivity index (χ0v) is 12.4. The Morgan fingerprint density at radius 2 is 2.35 bits per heavy atom. The number of carboxylic acids is 1. The van der Waals surface area contributed by atoms with Crippen molar-refractivity contribution in [3.63, 3.8) is 0 Å². The van der Waals surface area contributed by atoms with Crippen LogP contribution in [0.4, 0.5) is 0 Å². The molecule has 0 radical (unpaired) electrons. The lowest BCUT2D eigenvalue weighted by Crippen LogP contribution is -2.37. The standard InChI is InChI=1S/C15H20O4S/c1-11-10-15(18,6-7-19-11)12-3-2-4-13(9-12)20-8-5-14(16)17/h2-4,9,11,18H,5-8,10H2,1H3,(H,16,17)/t11-,15+/m0/s1. The molecule has 4 nitrogen and oxygen atoms in total. The van der Waals surface area contributed by atoms with Crippen LogP contribution in [0, 0.1) is 0 Å². The molecule has 1 fully saturated rings. The molecule has 1 aliphatic rings. The normalized spacial score (nSPS) is 26.4. The number of thioether (sulfide) groups is 1. The fourth-order valence-electron chi connectivity index (χ4n) is 2.46. The van der Waals surface area contributed by atoms with Crippen LogP contribution in [0.15, 0.2) is 29.2 Å². The van der Waals surface area contributed by atoms with Crippen molar-refractivity contribution in [2.75, 3.05) is 12.4 Å². The van der Waals surface area contributed by atoms with E-state index in [0.29, 0.717) is 25.2 Å². The first-order valence-electron chi connectivity index (χ1n) is 6.79. The minimum atomic E-state index is -0.832. The van der Waals surface area contributed by atoms with Crippen molar-refractivity contribution >= 4 is 17.7 Å². The molecule has 2 N–H and O–H groups in total. The minimum Gasteiger partial charge on any atom is -0.481 e. The number of hydrogen-bond donors (Lipinski definition) is 2. The monoisotopic (exact) mass is 296 g/mol. The lowest BCUT2D eigenvalue weighted by atomic mass is 9.84. The molecule has 0 amide bonds. The van der Waals surface area contributed by atoms with Crippen LogP contribution in [0.3, 0.4) is 0 Å². The number of carbonyl (C=O) groups is 1. The Morgan fingerprint density at radius 1 is 1.55 bits per heavy atom. The Bertz CT molecular complexity index is 477. The van der Waals surface area contributed by atoms with Crippen molar-refractivity contribution in [1.29, 1.82) is 0 Å². The third kappa shape index (κ3) is 3.98. The summed E-state index contributed by atoms with van der Waals surface area (Å²) in [5.74, 6) is -0.248. The van der Waals surface area contributed by atoms with E-state index in [0.717, 1.165) is 10.5 Å². The average Bonchev–Trinajstić information content (AvgIpc) is 2.38. The summed E-state index contributed by atoms with van der Waals surface area (Å²) in [6.45, 7) is 2.53. The van der Waals surface area contributed by atoms with E-state index in [1.165, 1.54) is 11.8 Å². The molecule has 1 heterocycles. The van der Waals surface area contributed by atoms with E-state index in [1.807, 2.05) is 31.2 Å². The molecule has 0 aromatic heterocycles. The molecule has 5 heteroatoms. The summed E-state index contributed by atoms with van der Waals surface area (Å²) in [4.78, 5) is 11.5. The molecule has 0 unspecified atom stereocenters. The molecule has 110 valence electrons. The topological polar surface area (TPSA) is 66.8 Å².